The van der Waals surface area contributed by atoms with Crippen LogP contribution in [0.3, 0.4) is 0 Å². The van der Waals surface area contributed by atoms with E-state index in [0.717, 1.165) is 6.07 Å². The summed E-state index contributed by atoms with van der Waals surface area (Å²) in [4.78, 5) is 12.3. The summed E-state index contributed by atoms with van der Waals surface area (Å²) in [5, 5.41) is 0.501. The molecule has 0 bridgehead atoms. The number of benzene rings is 2. The molecule has 0 aliphatic rings. The molecule has 0 aliphatic heterocycles. The third-order valence-electron chi connectivity index (χ3n) is 3.01. The minimum Gasteiger partial charge on any atom is -0.453 e. The minimum absolute atomic E-state index is 0.0654. The quantitative estimate of drug-likeness (QED) is 0.653. The maximum Gasteiger partial charge on any atom is 0.228 e. The molecule has 0 N–H and O–H groups in total. The first-order chi connectivity index (χ1) is 9.52. The molecule has 3 rings (SSSR count). The Labute approximate surface area is 113 Å². The van der Waals surface area contributed by atoms with Crippen LogP contribution >= 0.6 is 0 Å². The first-order valence-electron chi connectivity index (χ1n) is 6.04. The van der Waals surface area contributed by atoms with Gasteiger partial charge in [-0.1, -0.05) is 0 Å². The fourth-order valence-electron chi connectivity index (χ4n) is 2.14. The van der Waals surface area contributed by atoms with Gasteiger partial charge >= 0.3 is 0 Å². The maximum atomic E-state index is 13.3. The molecule has 0 saturated carbocycles. The molecule has 0 spiro atoms. The van der Waals surface area contributed by atoms with Crippen LogP contribution in [0.5, 0.6) is 0 Å². The monoisotopic (exact) mass is 272 g/mol. The van der Waals surface area contributed by atoms with E-state index >= 15 is 0 Å². The number of aryl methyl sites for hydroxylation is 1. The number of ketones is 1. The molecule has 0 fully saturated rings. The molecule has 20 heavy (non-hydrogen) atoms. The maximum absolute atomic E-state index is 13.3. The van der Waals surface area contributed by atoms with E-state index in [1.807, 2.05) is 0 Å². The van der Waals surface area contributed by atoms with Crippen molar-refractivity contribution in [2.45, 2.75) is 6.92 Å². The second-order valence-electron chi connectivity index (χ2n) is 4.64. The van der Waals surface area contributed by atoms with Gasteiger partial charge in [0.15, 0.2) is 5.76 Å². The molecular weight excluding hydrogens is 262 g/mol. The average molecular weight is 272 g/mol. The van der Waals surface area contributed by atoms with Crippen molar-refractivity contribution in [2.24, 2.45) is 0 Å². The second-order valence-corrected chi connectivity index (χ2v) is 4.64. The van der Waals surface area contributed by atoms with Gasteiger partial charge in [0.1, 0.15) is 17.2 Å². The normalized spacial score (nSPS) is 10.9. The van der Waals surface area contributed by atoms with E-state index in [1.165, 1.54) is 30.3 Å². The molecule has 2 nitrogen and oxygen atoms in total. The molecule has 0 amide bonds. The van der Waals surface area contributed by atoms with Crippen LogP contribution in [0.1, 0.15) is 21.7 Å². The van der Waals surface area contributed by atoms with Crippen LogP contribution in [0, 0.1) is 18.6 Å². The standard InChI is InChI=1S/C16H10F2O2/c1-9-4-11(7-13(18)5-9)16(19)15-8-10-6-12(17)2-3-14(10)20-15/h2-8H,1H3. The van der Waals surface area contributed by atoms with Crippen LogP contribution in [0.2, 0.25) is 0 Å². The highest BCUT2D eigenvalue weighted by Crippen LogP contribution is 2.23. The Morgan fingerprint density at radius 1 is 1.00 bits per heavy atom. The summed E-state index contributed by atoms with van der Waals surface area (Å²) in [7, 11) is 0. The highest BCUT2D eigenvalue weighted by molar-refractivity contribution is 6.09. The third-order valence-corrected chi connectivity index (χ3v) is 3.01. The zero-order valence-corrected chi connectivity index (χ0v) is 10.6. The first kappa shape index (κ1) is 12.5. The van der Waals surface area contributed by atoms with Crippen molar-refractivity contribution in [3.05, 3.63) is 71.0 Å². The summed E-state index contributed by atoms with van der Waals surface area (Å²) in [5.74, 6) is -1.24. The van der Waals surface area contributed by atoms with E-state index in [9.17, 15) is 13.6 Å². The number of fused-ring (bicyclic) bond motifs is 1. The number of hydrogen-bond acceptors (Lipinski definition) is 2. The zero-order valence-electron chi connectivity index (χ0n) is 10.6. The van der Waals surface area contributed by atoms with Crippen LogP contribution in [-0.2, 0) is 0 Å². The zero-order chi connectivity index (χ0) is 14.3. The van der Waals surface area contributed by atoms with Gasteiger partial charge in [0.05, 0.1) is 0 Å². The number of halogens is 2. The molecule has 0 saturated heterocycles. The number of hydrogen-bond donors (Lipinski definition) is 0. The van der Waals surface area contributed by atoms with Crippen LogP contribution in [0.4, 0.5) is 8.78 Å². The summed E-state index contributed by atoms with van der Waals surface area (Å²) >= 11 is 0. The van der Waals surface area contributed by atoms with E-state index < -0.39 is 17.4 Å². The summed E-state index contributed by atoms with van der Waals surface area (Å²) in [6, 6.07) is 9.53. The molecule has 0 radical (unpaired) electrons. The Balaban J connectivity index is 2.07. The molecule has 4 heteroatoms. The number of rotatable bonds is 2. The lowest BCUT2D eigenvalue weighted by molar-refractivity contribution is 0.101. The molecule has 3 aromatic rings. The van der Waals surface area contributed by atoms with Crippen molar-refractivity contribution in [2.75, 3.05) is 0 Å². The first-order valence-corrected chi connectivity index (χ1v) is 6.04. The van der Waals surface area contributed by atoms with E-state index in [4.69, 9.17) is 4.42 Å². The minimum atomic E-state index is -0.476. The largest absolute Gasteiger partial charge is 0.453 e. The van der Waals surface area contributed by atoms with E-state index in [0.29, 0.717) is 16.5 Å². The predicted molar refractivity (Wildman–Crippen MR) is 70.7 cm³/mol. The van der Waals surface area contributed by atoms with E-state index in [1.54, 1.807) is 13.0 Å². The van der Waals surface area contributed by atoms with Crippen LogP contribution in [-0.4, -0.2) is 5.78 Å². The van der Waals surface area contributed by atoms with Gasteiger partial charge in [-0.2, -0.15) is 0 Å². The topological polar surface area (TPSA) is 30.2 Å². The van der Waals surface area contributed by atoms with Crippen LogP contribution < -0.4 is 0 Å². The molecule has 0 atom stereocenters. The number of carbonyl (C=O) groups is 1. The van der Waals surface area contributed by atoms with Gasteiger partial charge in [0, 0.05) is 10.9 Å². The lowest BCUT2D eigenvalue weighted by Crippen LogP contribution is -2.00. The van der Waals surface area contributed by atoms with Crippen LogP contribution in [0.25, 0.3) is 11.0 Å². The van der Waals surface area contributed by atoms with Crippen molar-refractivity contribution in [3.63, 3.8) is 0 Å². The third kappa shape index (κ3) is 2.20. The molecular formula is C16H10F2O2. The fraction of sp³-hybridized carbons (Fsp3) is 0.0625. The lowest BCUT2D eigenvalue weighted by Gasteiger charge is -2.00. The molecule has 100 valence electrons. The van der Waals surface area contributed by atoms with Crippen molar-refractivity contribution < 1.29 is 18.0 Å². The van der Waals surface area contributed by atoms with Crippen molar-refractivity contribution in [1.29, 1.82) is 0 Å². The van der Waals surface area contributed by atoms with Gasteiger partial charge < -0.3 is 4.42 Å². The molecule has 0 aliphatic carbocycles. The molecule has 1 heterocycles. The van der Waals surface area contributed by atoms with Gasteiger partial charge in [0.25, 0.3) is 0 Å². The highest BCUT2D eigenvalue weighted by atomic mass is 19.1. The van der Waals surface area contributed by atoms with Crippen molar-refractivity contribution >= 4 is 16.8 Å². The lowest BCUT2D eigenvalue weighted by atomic mass is 10.1. The van der Waals surface area contributed by atoms with E-state index in [-0.39, 0.29) is 11.3 Å². The van der Waals surface area contributed by atoms with Crippen molar-refractivity contribution in [3.8, 4) is 0 Å². The van der Waals surface area contributed by atoms with E-state index in [2.05, 4.69) is 0 Å². The van der Waals surface area contributed by atoms with Gasteiger partial charge in [-0.15, -0.1) is 0 Å². The number of carbonyl (C=O) groups excluding carboxylic acids is 1. The average Bonchev–Trinajstić information content (AvgIpc) is 2.79. The molecule has 1 aromatic heterocycles. The van der Waals surface area contributed by atoms with Crippen LogP contribution in [0.15, 0.2) is 46.9 Å². The molecule has 2 aromatic carbocycles. The molecule has 0 unspecified atom stereocenters. The van der Waals surface area contributed by atoms with Crippen molar-refractivity contribution in [1.82, 2.24) is 0 Å². The highest BCUT2D eigenvalue weighted by Gasteiger charge is 2.16. The van der Waals surface area contributed by atoms with Gasteiger partial charge in [-0.05, 0) is 55.0 Å². The second kappa shape index (κ2) is 4.56. The number of furan rings is 1. The summed E-state index contributed by atoms with van der Waals surface area (Å²) in [6.07, 6.45) is 0. The Kier molecular flexibility index (Phi) is 2.86. The summed E-state index contributed by atoms with van der Waals surface area (Å²) < 4.78 is 31.8. The SMILES string of the molecule is Cc1cc(F)cc(C(=O)c2cc3cc(F)ccc3o2)c1. The Hall–Kier alpha value is -2.49. The summed E-state index contributed by atoms with van der Waals surface area (Å²) in [5.41, 5.74) is 1.28. The Morgan fingerprint density at radius 2 is 1.80 bits per heavy atom. The Bertz CT molecular complexity index is 798. The van der Waals surface area contributed by atoms with Gasteiger partial charge in [-0.3, -0.25) is 4.79 Å². The fourth-order valence-corrected chi connectivity index (χ4v) is 2.14. The Morgan fingerprint density at radius 3 is 2.55 bits per heavy atom. The van der Waals surface area contributed by atoms with Gasteiger partial charge in [0.2, 0.25) is 5.78 Å². The summed E-state index contributed by atoms with van der Waals surface area (Å²) in [6.45, 7) is 1.70. The van der Waals surface area contributed by atoms with Gasteiger partial charge in [-0.25, -0.2) is 8.78 Å². The smallest absolute Gasteiger partial charge is 0.228 e. The predicted octanol–water partition coefficient (Wildman–Crippen LogP) is 4.25.